The third-order valence-electron chi connectivity index (χ3n) is 3.35. The summed E-state index contributed by atoms with van der Waals surface area (Å²) in [5, 5.41) is 3.57. The minimum absolute atomic E-state index is 0.186. The Hall–Kier alpha value is -1.42. The molecule has 0 aliphatic carbocycles. The number of hydrogen-bond acceptors (Lipinski definition) is 4. The predicted octanol–water partition coefficient (Wildman–Crippen LogP) is 3.41. The van der Waals surface area contributed by atoms with E-state index in [1.165, 1.54) is 0 Å². The van der Waals surface area contributed by atoms with Crippen LogP contribution in [0.2, 0.25) is 0 Å². The van der Waals surface area contributed by atoms with Crippen molar-refractivity contribution in [3.05, 3.63) is 17.7 Å². The molecule has 0 bridgehead atoms. The molecule has 0 aromatic heterocycles. The fourth-order valence-electron chi connectivity index (χ4n) is 2.31. The molecule has 0 amide bonds. The van der Waals surface area contributed by atoms with E-state index in [0.717, 1.165) is 35.8 Å². The highest BCUT2D eigenvalue weighted by molar-refractivity contribution is 5.52. The molecular weight excluding hydrogens is 254 g/mol. The molecule has 20 heavy (non-hydrogen) atoms. The van der Waals surface area contributed by atoms with Crippen LogP contribution in [0.1, 0.15) is 38.8 Å². The summed E-state index contributed by atoms with van der Waals surface area (Å²) in [6.07, 6.45) is 1.09. The zero-order chi connectivity index (χ0) is 15.1. The SMILES string of the molecule is CCCNC(c1c(OC)cc(OC)cc1OC)C(C)C. The first kappa shape index (κ1) is 16.6. The van der Waals surface area contributed by atoms with Gasteiger partial charge in [-0.25, -0.2) is 0 Å². The third kappa shape index (κ3) is 3.79. The van der Waals surface area contributed by atoms with E-state index in [0.29, 0.717) is 5.92 Å². The van der Waals surface area contributed by atoms with E-state index < -0.39 is 0 Å². The molecule has 4 heteroatoms. The van der Waals surface area contributed by atoms with Gasteiger partial charge in [-0.15, -0.1) is 0 Å². The molecule has 1 unspecified atom stereocenters. The van der Waals surface area contributed by atoms with Crippen molar-refractivity contribution >= 4 is 0 Å². The van der Waals surface area contributed by atoms with Gasteiger partial charge in [0.15, 0.2) is 0 Å². The number of hydrogen-bond donors (Lipinski definition) is 1. The van der Waals surface area contributed by atoms with Crippen molar-refractivity contribution in [3.8, 4) is 17.2 Å². The lowest BCUT2D eigenvalue weighted by atomic mass is 9.94. The van der Waals surface area contributed by atoms with Crippen molar-refractivity contribution in [2.45, 2.75) is 33.2 Å². The second-order valence-corrected chi connectivity index (χ2v) is 5.12. The Balaban J connectivity index is 3.29. The number of rotatable bonds is 8. The summed E-state index contributed by atoms with van der Waals surface area (Å²) in [4.78, 5) is 0. The molecule has 0 aliphatic heterocycles. The number of nitrogens with one attached hydrogen (secondary N) is 1. The average molecular weight is 281 g/mol. The monoisotopic (exact) mass is 281 g/mol. The van der Waals surface area contributed by atoms with E-state index in [-0.39, 0.29) is 6.04 Å². The van der Waals surface area contributed by atoms with Gasteiger partial charge >= 0.3 is 0 Å². The van der Waals surface area contributed by atoms with Gasteiger partial charge in [0.2, 0.25) is 0 Å². The van der Waals surface area contributed by atoms with Crippen LogP contribution in [-0.2, 0) is 0 Å². The Morgan fingerprint density at radius 3 is 1.90 bits per heavy atom. The first-order chi connectivity index (χ1) is 9.58. The van der Waals surface area contributed by atoms with Crippen LogP contribution >= 0.6 is 0 Å². The Bertz CT molecular complexity index is 393. The molecule has 0 spiro atoms. The van der Waals surface area contributed by atoms with Gasteiger partial charge in [0.05, 0.1) is 26.9 Å². The van der Waals surface area contributed by atoms with Crippen LogP contribution in [0.4, 0.5) is 0 Å². The fourth-order valence-corrected chi connectivity index (χ4v) is 2.31. The standard InChI is InChI=1S/C16H27NO3/c1-7-8-17-16(11(2)3)15-13(19-5)9-12(18-4)10-14(15)20-6/h9-11,16-17H,7-8H2,1-6H3. The van der Waals surface area contributed by atoms with Gasteiger partial charge < -0.3 is 19.5 Å². The molecule has 114 valence electrons. The molecule has 0 saturated heterocycles. The lowest BCUT2D eigenvalue weighted by Gasteiger charge is -2.26. The van der Waals surface area contributed by atoms with E-state index in [4.69, 9.17) is 14.2 Å². The van der Waals surface area contributed by atoms with Crippen molar-refractivity contribution in [2.24, 2.45) is 5.92 Å². The lowest BCUT2D eigenvalue weighted by molar-refractivity contribution is 0.337. The summed E-state index contributed by atoms with van der Waals surface area (Å²) >= 11 is 0. The minimum Gasteiger partial charge on any atom is -0.496 e. The summed E-state index contributed by atoms with van der Waals surface area (Å²) < 4.78 is 16.4. The minimum atomic E-state index is 0.186. The molecular formula is C16H27NO3. The Labute approximate surface area is 122 Å². The second kappa shape index (κ2) is 8.00. The normalized spacial score (nSPS) is 12.3. The molecule has 0 aliphatic rings. The molecule has 0 saturated carbocycles. The zero-order valence-corrected chi connectivity index (χ0v) is 13.4. The van der Waals surface area contributed by atoms with Crippen LogP contribution in [-0.4, -0.2) is 27.9 Å². The van der Waals surface area contributed by atoms with Crippen LogP contribution in [0, 0.1) is 5.92 Å². The molecule has 1 atom stereocenters. The summed E-state index contributed by atoms with van der Waals surface area (Å²) in [5.74, 6) is 2.75. The highest BCUT2D eigenvalue weighted by atomic mass is 16.5. The van der Waals surface area contributed by atoms with Crippen LogP contribution in [0.3, 0.4) is 0 Å². The maximum Gasteiger partial charge on any atom is 0.131 e. The van der Waals surface area contributed by atoms with E-state index in [2.05, 4.69) is 26.1 Å². The Morgan fingerprint density at radius 2 is 1.55 bits per heavy atom. The number of methoxy groups -OCH3 is 3. The molecule has 1 rings (SSSR count). The number of ether oxygens (including phenoxy) is 3. The van der Waals surface area contributed by atoms with Gasteiger partial charge in [-0.3, -0.25) is 0 Å². The predicted molar refractivity (Wildman–Crippen MR) is 82.0 cm³/mol. The molecule has 1 aromatic rings. The van der Waals surface area contributed by atoms with Gasteiger partial charge in [-0.05, 0) is 18.9 Å². The Morgan fingerprint density at radius 1 is 1.00 bits per heavy atom. The van der Waals surface area contributed by atoms with Crippen molar-refractivity contribution in [3.63, 3.8) is 0 Å². The van der Waals surface area contributed by atoms with Crippen LogP contribution in [0.25, 0.3) is 0 Å². The molecule has 0 radical (unpaired) electrons. The van der Waals surface area contributed by atoms with Crippen molar-refractivity contribution in [1.82, 2.24) is 5.32 Å². The summed E-state index contributed by atoms with van der Waals surface area (Å²) in [5.41, 5.74) is 1.05. The van der Waals surface area contributed by atoms with E-state index in [1.807, 2.05) is 12.1 Å². The smallest absolute Gasteiger partial charge is 0.131 e. The summed E-state index contributed by atoms with van der Waals surface area (Å²) in [6.45, 7) is 7.50. The van der Waals surface area contributed by atoms with E-state index in [1.54, 1.807) is 21.3 Å². The summed E-state index contributed by atoms with van der Waals surface area (Å²) in [7, 11) is 4.99. The van der Waals surface area contributed by atoms with Gasteiger partial charge in [-0.2, -0.15) is 0 Å². The van der Waals surface area contributed by atoms with Crippen molar-refractivity contribution < 1.29 is 14.2 Å². The maximum absolute atomic E-state index is 5.54. The number of benzene rings is 1. The van der Waals surface area contributed by atoms with Crippen molar-refractivity contribution in [2.75, 3.05) is 27.9 Å². The molecule has 0 heterocycles. The van der Waals surface area contributed by atoms with Gasteiger partial charge in [0.1, 0.15) is 17.2 Å². The second-order valence-electron chi connectivity index (χ2n) is 5.12. The van der Waals surface area contributed by atoms with E-state index >= 15 is 0 Å². The topological polar surface area (TPSA) is 39.7 Å². The highest BCUT2D eigenvalue weighted by Crippen LogP contribution is 2.40. The first-order valence-electron chi connectivity index (χ1n) is 7.12. The average Bonchev–Trinajstić information content (AvgIpc) is 2.46. The Kier molecular flexibility index (Phi) is 6.65. The lowest BCUT2D eigenvalue weighted by Crippen LogP contribution is -2.27. The molecule has 0 fully saturated rings. The fraction of sp³-hybridized carbons (Fsp3) is 0.625. The zero-order valence-electron chi connectivity index (χ0n) is 13.4. The van der Waals surface area contributed by atoms with E-state index in [9.17, 15) is 0 Å². The maximum atomic E-state index is 5.54. The molecule has 4 nitrogen and oxygen atoms in total. The summed E-state index contributed by atoms with van der Waals surface area (Å²) in [6, 6.07) is 3.99. The van der Waals surface area contributed by atoms with Crippen LogP contribution in [0.5, 0.6) is 17.2 Å². The highest BCUT2D eigenvalue weighted by Gasteiger charge is 2.24. The largest absolute Gasteiger partial charge is 0.496 e. The van der Waals surface area contributed by atoms with Gasteiger partial charge in [0.25, 0.3) is 0 Å². The van der Waals surface area contributed by atoms with Crippen LogP contribution in [0.15, 0.2) is 12.1 Å². The third-order valence-corrected chi connectivity index (χ3v) is 3.35. The van der Waals surface area contributed by atoms with Gasteiger partial charge in [-0.1, -0.05) is 20.8 Å². The molecule has 1 aromatic carbocycles. The first-order valence-corrected chi connectivity index (χ1v) is 7.12. The van der Waals surface area contributed by atoms with Gasteiger partial charge in [0, 0.05) is 18.2 Å². The van der Waals surface area contributed by atoms with Crippen molar-refractivity contribution in [1.29, 1.82) is 0 Å². The van der Waals surface area contributed by atoms with Crippen LogP contribution < -0.4 is 19.5 Å². The molecule has 1 N–H and O–H groups in total. The quantitative estimate of drug-likeness (QED) is 0.792.